The summed E-state index contributed by atoms with van der Waals surface area (Å²) in [6.07, 6.45) is 3.59. The molecule has 1 amide bonds. The lowest BCUT2D eigenvalue weighted by Crippen LogP contribution is -2.46. The van der Waals surface area contributed by atoms with Crippen molar-refractivity contribution in [3.8, 4) is 11.1 Å². The first-order valence-electron chi connectivity index (χ1n) is 11.3. The van der Waals surface area contributed by atoms with Crippen LogP contribution in [0.25, 0.3) is 22.0 Å². The number of likely N-dealkylation sites (tertiary alicyclic amines) is 1. The molecule has 2 aliphatic rings. The summed E-state index contributed by atoms with van der Waals surface area (Å²) in [5.41, 5.74) is 2.70. The Bertz CT molecular complexity index is 1100. The molecule has 6 heteroatoms. The summed E-state index contributed by atoms with van der Waals surface area (Å²) >= 11 is 0. The minimum atomic E-state index is -2.93. The highest BCUT2D eigenvalue weighted by Crippen LogP contribution is 2.42. The molecule has 32 heavy (non-hydrogen) atoms. The maximum Gasteiger partial charge on any atom is 0.276 e. The third-order valence-corrected chi connectivity index (χ3v) is 6.72. The molecule has 2 aromatic carbocycles. The molecule has 0 radical (unpaired) electrons. The Morgan fingerprint density at radius 1 is 1.00 bits per heavy atom. The third kappa shape index (κ3) is 3.99. The van der Waals surface area contributed by atoms with Crippen molar-refractivity contribution in [3.05, 3.63) is 66.4 Å². The lowest BCUT2D eigenvalue weighted by atomic mass is 9.86. The molecular weight excluding hydrogens is 410 g/mol. The smallest absolute Gasteiger partial charge is 0.276 e. The number of nitrogens with zero attached hydrogens (tertiary/aromatic N) is 2. The van der Waals surface area contributed by atoms with Gasteiger partial charge in [-0.15, -0.1) is 0 Å². The zero-order valence-electron chi connectivity index (χ0n) is 17.8. The molecule has 2 aliphatic heterocycles. The summed E-state index contributed by atoms with van der Waals surface area (Å²) in [6.45, 7) is 1.33. The van der Waals surface area contributed by atoms with E-state index in [1.807, 2.05) is 30.3 Å². The minimum Gasteiger partial charge on any atom is -0.368 e. The zero-order chi connectivity index (χ0) is 22.1. The van der Waals surface area contributed by atoms with Crippen molar-refractivity contribution < 1.29 is 18.3 Å². The average Bonchev–Trinajstić information content (AvgIpc) is 3.38. The van der Waals surface area contributed by atoms with Gasteiger partial charge in [0.05, 0.1) is 5.52 Å². The Labute approximate surface area is 186 Å². The predicted molar refractivity (Wildman–Crippen MR) is 119 cm³/mol. The van der Waals surface area contributed by atoms with Crippen LogP contribution in [0.15, 0.2) is 60.8 Å². The first-order chi connectivity index (χ1) is 15.5. The van der Waals surface area contributed by atoms with Gasteiger partial charge in [0.25, 0.3) is 11.8 Å². The number of aromatic nitrogens is 1. The van der Waals surface area contributed by atoms with E-state index in [9.17, 15) is 4.79 Å². The van der Waals surface area contributed by atoms with E-state index in [1.165, 1.54) is 12.1 Å². The number of benzene rings is 2. The summed E-state index contributed by atoms with van der Waals surface area (Å²) in [5, 5.41) is 1.02. The van der Waals surface area contributed by atoms with Crippen molar-refractivity contribution in [2.75, 3.05) is 19.7 Å². The van der Waals surface area contributed by atoms with Crippen LogP contribution in [0, 0.1) is 5.92 Å². The number of hydrogen-bond acceptors (Lipinski definition) is 3. The van der Waals surface area contributed by atoms with Gasteiger partial charge in [-0.2, -0.15) is 0 Å². The van der Waals surface area contributed by atoms with Gasteiger partial charge in [0.15, 0.2) is 0 Å². The van der Waals surface area contributed by atoms with Gasteiger partial charge in [0.2, 0.25) is 0 Å². The molecule has 0 spiro atoms. The van der Waals surface area contributed by atoms with Crippen molar-refractivity contribution in [1.29, 1.82) is 0 Å². The number of halogens is 2. The summed E-state index contributed by atoms with van der Waals surface area (Å²) < 4.78 is 36.0. The number of ether oxygens (including phenoxy) is 1. The fourth-order valence-electron chi connectivity index (χ4n) is 4.79. The molecule has 0 unspecified atom stereocenters. The molecule has 166 valence electrons. The quantitative estimate of drug-likeness (QED) is 0.549. The van der Waals surface area contributed by atoms with E-state index in [0.29, 0.717) is 32.5 Å². The van der Waals surface area contributed by atoms with Gasteiger partial charge in [0, 0.05) is 48.3 Å². The van der Waals surface area contributed by atoms with E-state index < -0.39 is 11.8 Å². The lowest BCUT2D eigenvalue weighted by Gasteiger charge is -2.36. The monoisotopic (exact) mass is 436 g/mol. The van der Waals surface area contributed by atoms with Gasteiger partial charge in [0.1, 0.15) is 6.10 Å². The molecule has 0 N–H and O–H groups in total. The number of carbonyl (C=O) groups excluding carboxylic acids is 1. The van der Waals surface area contributed by atoms with Crippen LogP contribution in [0.3, 0.4) is 0 Å². The van der Waals surface area contributed by atoms with Crippen molar-refractivity contribution >= 4 is 16.8 Å². The van der Waals surface area contributed by atoms with Crippen LogP contribution in [-0.2, 0) is 15.5 Å². The maximum absolute atomic E-state index is 15.3. The van der Waals surface area contributed by atoms with E-state index in [0.717, 1.165) is 34.9 Å². The van der Waals surface area contributed by atoms with Crippen LogP contribution in [0.4, 0.5) is 8.78 Å². The summed E-state index contributed by atoms with van der Waals surface area (Å²) in [5.74, 6) is -3.75. The molecule has 1 aromatic heterocycles. The van der Waals surface area contributed by atoms with Crippen molar-refractivity contribution in [2.24, 2.45) is 5.92 Å². The van der Waals surface area contributed by atoms with E-state index in [-0.39, 0.29) is 17.6 Å². The number of para-hydroxylation sites is 1. The molecule has 2 saturated heterocycles. The molecule has 5 rings (SSSR count). The number of pyridine rings is 1. The van der Waals surface area contributed by atoms with Gasteiger partial charge in [-0.25, -0.2) is 8.78 Å². The van der Waals surface area contributed by atoms with E-state index in [1.54, 1.807) is 23.2 Å². The fraction of sp³-hybridized carbons (Fsp3) is 0.385. The van der Waals surface area contributed by atoms with Gasteiger partial charge < -0.3 is 9.64 Å². The number of piperidine rings is 1. The number of fused-ring (bicyclic) bond motifs is 1. The van der Waals surface area contributed by atoms with E-state index >= 15 is 8.78 Å². The molecule has 0 aliphatic carbocycles. The highest BCUT2D eigenvalue weighted by Gasteiger charge is 2.43. The van der Waals surface area contributed by atoms with Gasteiger partial charge in [-0.1, -0.05) is 42.5 Å². The Morgan fingerprint density at radius 2 is 1.75 bits per heavy atom. The average molecular weight is 437 g/mol. The number of hydrogen-bond donors (Lipinski definition) is 0. The third-order valence-electron chi connectivity index (χ3n) is 6.72. The largest absolute Gasteiger partial charge is 0.368 e. The Morgan fingerprint density at radius 3 is 2.47 bits per heavy atom. The number of amides is 1. The number of alkyl halides is 2. The molecule has 0 bridgehead atoms. The Hall–Kier alpha value is -2.86. The van der Waals surface area contributed by atoms with Crippen LogP contribution in [0.5, 0.6) is 0 Å². The van der Waals surface area contributed by atoms with Crippen molar-refractivity contribution in [2.45, 2.75) is 37.7 Å². The normalized spacial score (nSPS) is 20.1. The Kier molecular flexibility index (Phi) is 5.64. The van der Waals surface area contributed by atoms with E-state index in [2.05, 4.69) is 4.98 Å². The lowest BCUT2D eigenvalue weighted by molar-refractivity contribution is -0.146. The van der Waals surface area contributed by atoms with E-state index in [4.69, 9.17) is 4.74 Å². The standard InChI is InChI=1S/C26H26F2N2O2/c27-26(28,22-11-13-30(14-12-22)25(31)24-6-3-15-32-24)21-9-7-18(8-10-21)20-16-19-4-1-2-5-23(19)29-17-20/h1-2,4-5,7-10,16-17,22,24H,3,6,11-15H2/t24-/m1/s1. The Balaban J connectivity index is 1.27. The fourth-order valence-corrected chi connectivity index (χ4v) is 4.79. The van der Waals surface area contributed by atoms with Gasteiger partial charge >= 0.3 is 0 Å². The molecular formula is C26H26F2N2O2. The van der Waals surface area contributed by atoms with Crippen molar-refractivity contribution in [3.63, 3.8) is 0 Å². The van der Waals surface area contributed by atoms with Crippen LogP contribution in [0.1, 0.15) is 31.2 Å². The number of carbonyl (C=O) groups is 1. The molecule has 2 fully saturated rings. The van der Waals surface area contributed by atoms with Gasteiger partial charge in [-0.3, -0.25) is 9.78 Å². The molecule has 3 aromatic rings. The summed E-state index contributed by atoms with van der Waals surface area (Å²) in [6, 6.07) is 16.4. The van der Waals surface area contributed by atoms with Crippen LogP contribution in [-0.4, -0.2) is 41.6 Å². The highest BCUT2D eigenvalue weighted by atomic mass is 19.3. The molecule has 4 nitrogen and oxygen atoms in total. The van der Waals surface area contributed by atoms with Crippen LogP contribution >= 0.6 is 0 Å². The second kappa shape index (κ2) is 8.58. The van der Waals surface area contributed by atoms with Gasteiger partial charge in [-0.05, 0) is 43.4 Å². The van der Waals surface area contributed by atoms with Crippen molar-refractivity contribution in [1.82, 2.24) is 9.88 Å². The molecule has 0 saturated carbocycles. The minimum absolute atomic E-state index is 0.0268. The zero-order valence-corrected chi connectivity index (χ0v) is 17.8. The second-order valence-corrected chi connectivity index (χ2v) is 8.72. The maximum atomic E-state index is 15.3. The molecule has 3 heterocycles. The SMILES string of the molecule is O=C([C@H]1CCCO1)N1CCC(C(F)(F)c2ccc(-c3cnc4ccccc4c3)cc2)CC1. The first kappa shape index (κ1) is 21.0. The topological polar surface area (TPSA) is 42.4 Å². The number of rotatable bonds is 4. The van der Waals surface area contributed by atoms with Crippen LogP contribution in [0.2, 0.25) is 0 Å². The highest BCUT2D eigenvalue weighted by molar-refractivity contribution is 5.83. The summed E-state index contributed by atoms with van der Waals surface area (Å²) in [4.78, 5) is 18.6. The summed E-state index contributed by atoms with van der Waals surface area (Å²) in [7, 11) is 0. The predicted octanol–water partition coefficient (Wildman–Crippen LogP) is 5.41. The first-order valence-corrected chi connectivity index (χ1v) is 11.3. The second-order valence-electron chi connectivity index (χ2n) is 8.72. The van der Waals surface area contributed by atoms with Crippen LogP contribution < -0.4 is 0 Å². The molecule has 1 atom stereocenters.